The van der Waals surface area contributed by atoms with Crippen molar-refractivity contribution < 1.29 is 33.6 Å². The van der Waals surface area contributed by atoms with Gasteiger partial charge in [-0.25, -0.2) is 0 Å². The van der Waals surface area contributed by atoms with Crippen LogP contribution in [-0.2, 0) is 14.3 Å². The average molecular weight is 581 g/mol. The number of hydrogen-bond donors (Lipinski definition) is 1. The van der Waals surface area contributed by atoms with Gasteiger partial charge in [0.1, 0.15) is 11.5 Å². The van der Waals surface area contributed by atoms with E-state index in [9.17, 15) is 14.7 Å². The summed E-state index contributed by atoms with van der Waals surface area (Å²) in [6, 6.07) is 9.97. The molecule has 9 heteroatoms. The number of methoxy groups -OCH3 is 1. The minimum Gasteiger partial charge on any atom is -0.507 e. The van der Waals surface area contributed by atoms with Gasteiger partial charge in [-0.1, -0.05) is 32.8 Å². The van der Waals surface area contributed by atoms with E-state index in [1.54, 1.807) is 42.3 Å². The fourth-order valence-electron chi connectivity index (χ4n) is 5.27. The van der Waals surface area contributed by atoms with Crippen LogP contribution in [0.4, 0.5) is 0 Å². The van der Waals surface area contributed by atoms with Gasteiger partial charge in [0.25, 0.3) is 11.7 Å². The molecule has 1 N–H and O–H groups in total. The molecule has 9 nitrogen and oxygen atoms in total. The van der Waals surface area contributed by atoms with E-state index in [2.05, 4.69) is 18.7 Å². The Morgan fingerprint density at radius 2 is 1.60 bits per heavy atom. The van der Waals surface area contributed by atoms with Gasteiger partial charge in [-0.3, -0.25) is 14.5 Å². The number of benzene rings is 2. The molecule has 2 aliphatic rings. The zero-order valence-electron chi connectivity index (χ0n) is 25.3. The highest BCUT2D eigenvalue weighted by Gasteiger charge is 2.46. The van der Waals surface area contributed by atoms with Gasteiger partial charge < -0.3 is 29.0 Å². The lowest BCUT2D eigenvalue weighted by Crippen LogP contribution is -2.42. The number of carbonyl (C=O) groups is 2. The van der Waals surface area contributed by atoms with Crippen molar-refractivity contribution in [2.24, 2.45) is 0 Å². The number of aliphatic hydroxyl groups excluding tert-OH is 1. The van der Waals surface area contributed by atoms with Crippen LogP contribution in [-0.4, -0.2) is 86.3 Å². The molecule has 2 saturated heterocycles. The molecule has 1 atom stereocenters. The Balaban J connectivity index is 1.72. The van der Waals surface area contributed by atoms with Crippen LogP contribution >= 0.6 is 0 Å². The highest BCUT2D eigenvalue weighted by Crippen LogP contribution is 2.42. The zero-order chi connectivity index (χ0) is 30.1. The summed E-state index contributed by atoms with van der Waals surface area (Å²) in [7, 11) is 1.56. The Morgan fingerprint density at radius 1 is 0.929 bits per heavy atom. The maximum atomic E-state index is 13.6. The maximum Gasteiger partial charge on any atom is 0.295 e. The Morgan fingerprint density at radius 3 is 2.24 bits per heavy atom. The second-order valence-electron chi connectivity index (χ2n) is 10.7. The number of rotatable bonds is 14. The first-order valence-electron chi connectivity index (χ1n) is 15.0. The number of likely N-dealkylation sites (tertiary alicyclic amines) is 1. The molecule has 0 spiro atoms. The number of hydrogen-bond acceptors (Lipinski definition) is 8. The third-order valence-electron chi connectivity index (χ3n) is 7.76. The first-order valence-corrected chi connectivity index (χ1v) is 15.0. The van der Waals surface area contributed by atoms with Crippen LogP contribution in [0.15, 0.2) is 42.0 Å². The quantitative estimate of drug-likeness (QED) is 0.142. The molecule has 2 fully saturated rings. The smallest absolute Gasteiger partial charge is 0.295 e. The van der Waals surface area contributed by atoms with Crippen molar-refractivity contribution in [2.75, 3.05) is 59.7 Å². The highest BCUT2D eigenvalue weighted by molar-refractivity contribution is 6.46. The highest BCUT2D eigenvalue weighted by atomic mass is 16.5. The summed E-state index contributed by atoms with van der Waals surface area (Å²) in [5, 5.41) is 11.6. The Kier molecular flexibility index (Phi) is 11.3. The molecule has 0 aliphatic carbocycles. The number of unbranched alkanes of at least 4 members (excludes halogenated alkanes) is 2. The summed E-state index contributed by atoms with van der Waals surface area (Å²) in [5.41, 5.74) is 2.01. The van der Waals surface area contributed by atoms with Crippen molar-refractivity contribution in [1.82, 2.24) is 9.80 Å². The molecule has 2 aromatic carbocycles. The molecule has 1 amide bonds. The topological polar surface area (TPSA) is 97.8 Å². The van der Waals surface area contributed by atoms with E-state index in [4.69, 9.17) is 18.9 Å². The average Bonchev–Trinajstić information content (AvgIpc) is 3.26. The standard InChI is InChI=1S/C33H44N2O7/c1-5-7-17-41-26-11-10-25(21-23(26)3)31(36)29-30(24-9-12-27(28(22-24)39-4)42-18-8-6-2)35(33(38)32(29)37)14-13-34-15-19-40-20-16-34/h9-12,21-22,30,36H,5-8,13-20H2,1-4H3/b31-29+. The molecular weight excluding hydrogens is 536 g/mol. The monoisotopic (exact) mass is 580 g/mol. The van der Waals surface area contributed by atoms with E-state index in [0.29, 0.717) is 62.1 Å². The van der Waals surface area contributed by atoms with Gasteiger partial charge in [0.2, 0.25) is 0 Å². The molecule has 0 bridgehead atoms. The molecule has 2 aromatic rings. The number of ketones is 1. The van der Waals surface area contributed by atoms with Crippen molar-refractivity contribution in [3.8, 4) is 17.2 Å². The van der Waals surface area contributed by atoms with Crippen molar-refractivity contribution >= 4 is 17.4 Å². The van der Waals surface area contributed by atoms with Crippen molar-refractivity contribution in [1.29, 1.82) is 0 Å². The van der Waals surface area contributed by atoms with E-state index in [-0.39, 0.29) is 11.3 Å². The fourth-order valence-corrected chi connectivity index (χ4v) is 5.27. The molecule has 0 radical (unpaired) electrons. The molecule has 4 rings (SSSR count). The maximum absolute atomic E-state index is 13.6. The Hall–Kier alpha value is -3.56. The zero-order valence-corrected chi connectivity index (χ0v) is 25.3. The number of aryl methyl sites for hydroxylation is 1. The molecule has 42 heavy (non-hydrogen) atoms. The minimum absolute atomic E-state index is 0.0581. The van der Waals surface area contributed by atoms with Gasteiger partial charge in [0.15, 0.2) is 11.5 Å². The summed E-state index contributed by atoms with van der Waals surface area (Å²) in [4.78, 5) is 30.8. The number of morpholine rings is 1. The lowest BCUT2D eigenvalue weighted by Gasteiger charge is -2.31. The van der Waals surface area contributed by atoms with Crippen molar-refractivity contribution in [3.63, 3.8) is 0 Å². The van der Waals surface area contributed by atoms with Crippen LogP contribution in [0.3, 0.4) is 0 Å². The number of carbonyl (C=O) groups excluding carboxylic acids is 2. The van der Waals surface area contributed by atoms with Crippen LogP contribution in [0, 0.1) is 6.92 Å². The summed E-state index contributed by atoms with van der Waals surface area (Å²) in [5.74, 6) is 0.278. The van der Waals surface area contributed by atoms with Crippen LogP contribution in [0.2, 0.25) is 0 Å². The Bertz CT molecular complexity index is 1270. The van der Waals surface area contributed by atoms with Gasteiger partial charge >= 0.3 is 0 Å². The third-order valence-corrected chi connectivity index (χ3v) is 7.76. The van der Waals surface area contributed by atoms with E-state index < -0.39 is 17.7 Å². The number of ether oxygens (including phenoxy) is 4. The van der Waals surface area contributed by atoms with E-state index in [0.717, 1.165) is 50.1 Å². The largest absolute Gasteiger partial charge is 0.507 e. The lowest BCUT2D eigenvalue weighted by molar-refractivity contribution is -0.140. The van der Waals surface area contributed by atoms with Crippen LogP contribution in [0.1, 0.15) is 62.3 Å². The first kappa shape index (κ1) is 31.4. The van der Waals surface area contributed by atoms with Crippen molar-refractivity contribution in [2.45, 2.75) is 52.5 Å². The van der Waals surface area contributed by atoms with E-state index >= 15 is 0 Å². The van der Waals surface area contributed by atoms with Crippen LogP contribution in [0.25, 0.3) is 5.76 Å². The predicted molar refractivity (Wildman–Crippen MR) is 161 cm³/mol. The number of Topliss-reactive ketones (excluding diaryl/α,β-unsaturated/α-hetero) is 1. The molecule has 228 valence electrons. The van der Waals surface area contributed by atoms with Crippen LogP contribution in [0.5, 0.6) is 17.2 Å². The molecule has 1 unspecified atom stereocenters. The fraction of sp³-hybridized carbons (Fsp3) is 0.515. The SMILES string of the molecule is CCCCOc1ccc(/C(O)=C2\C(=O)C(=O)N(CCN3CCOCC3)C2c2ccc(OCCCC)c(OC)c2)cc1C. The molecular formula is C33H44N2O7. The molecule has 2 heterocycles. The third kappa shape index (κ3) is 7.25. The summed E-state index contributed by atoms with van der Waals surface area (Å²) < 4.78 is 22.9. The second kappa shape index (κ2) is 15.1. The number of amides is 1. The van der Waals surface area contributed by atoms with E-state index in [1.807, 2.05) is 13.0 Å². The summed E-state index contributed by atoms with van der Waals surface area (Å²) in [6.45, 7) is 11.0. The molecule has 0 saturated carbocycles. The van der Waals surface area contributed by atoms with Gasteiger partial charge in [0, 0.05) is 31.7 Å². The Labute approximate surface area is 249 Å². The van der Waals surface area contributed by atoms with Gasteiger partial charge in [-0.05, 0) is 61.2 Å². The van der Waals surface area contributed by atoms with E-state index in [1.165, 1.54) is 0 Å². The first-order chi connectivity index (χ1) is 20.4. The second-order valence-corrected chi connectivity index (χ2v) is 10.7. The van der Waals surface area contributed by atoms with Gasteiger partial charge in [-0.15, -0.1) is 0 Å². The molecule has 0 aromatic heterocycles. The molecule has 2 aliphatic heterocycles. The summed E-state index contributed by atoms with van der Waals surface area (Å²) in [6.07, 6.45) is 3.89. The summed E-state index contributed by atoms with van der Waals surface area (Å²) >= 11 is 0. The van der Waals surface area contributed by atoms with Gasteiger partial charge in [-0.2, -0.15) is 0 Å². The number of aliphatic hydroxyl groups is 1. The lowest BCUT2D eigenvalue weighted by atomic mass is 9.94. The van der Waals surface area contributed by atoms with Crippen molar-refractivity contribution in [3.05, 3.63) is 58.7 Å². The van der Waals surface area contributed by atoms with Crippen LogP contribution < -0.4 is 14.2 Å². The normalized spacial score (nSPS) is 18.9. The van der Waals surface area contributed by atoms with Gasteiger partial charge in [0.05, 0.1) is 45.2 Å². The predicted octanol–water partition coefficient (Wildman–Crippen LogP) is 5.12. The number of nitrogens with zero attached hydrogens (tertiary/aromatic N) is 2. The minimum atomic E-state index is -0.787.